The largest absolute Gasteiger partial charge is 0.368 e. The third kappa shape index (κ3) is 5.57. The molecule has 0 radical (unpaired) electrons. The van der Waals surface area contributed by atoms with Crippen LogP contribution in [-0.2, 0) is 16.0 Å². The van der Waals surface area contributed by atoms with Gasteiger partial charge in [-0.1, -0.05) is 52.3 Å². The van der Waals surface area contributed by atoms with Crippen molar-refractivity contribution in [2.45, 2.75) is 12.8 Å². The van der Waals surface area contributed by atoms with Crippen LogP contribution in [-0.4, -0.2) is 49.4 Å². The lowest BCUT2D eigenvalue weighted by molar-refractivity contribution is -0.133. The summed E-state index contributed by atoms with van der Waals surface area (Å²) >= 11 is 3.49. The van der Waals surface area contributed by atoms with E-state index in [0.717, 1.165) is 23.1 Å². The van der Waals surface area contributed by atoms with Crippen molar-refractivity contribution in [2.24, 2.45) is 0 Å². The van der Waals surface area contributed by atoms with E-state index >= 15 is 0 Å². The molecule has 0 aromatic heterocycles. The highest BCUT2D eigenvalue weighted by Gasteiger charge is 2.21. The highest BCUT2D eigenvalue weighted by Crippen LogP contribution is 2.17. The maximum absolute atomic E-state index is 12.4. The number of hydrogen-bond donors (Lipinski definition) is 1. The van der Waals surface area contributed by atoms with E-state index in [0.29, 0.717) is 25.9 Å². The molecule has 2 amide bonds. The molecule has 1 heterocycles. The molecule has 142 valence electrons. The highest BCUT2D eigenvalue weighted by molar-refractivity contribution is 9.10. The zero-order chi connectivity index (χ0) is 19.1. The Labute approximate surface area is 168 Å². The number of aryl methyl sites for hydroxylation is 1. The van der Waals surface area contributed by atoms with Gasteiger partial charge in [0.25, 0.3) is 0 Å². The smallest absolute Gasteiger partial charge is 0.242 e. The van der Waals surface area contributed by atoms with Crippen LogP contribution in [0.15, 0.2) is 59.1 Å². The third-order valence-corrected chi connectivity index (χ3v) is 5.54. The fourth-order valence-electron chi connectivity index (χ4n) is 3.18. The number of carbonyl (C=O) groups is 2. The van der Waals surface area contributed by atoms with Crippen LogP contribution in [0.25, 0.3) is 0 Å². The number of piperazine rings is 1. The van der Waals surface area contributed by atoms with Gasteiger partial charge in [0.15, 0.2) is 0 Å². The van der Waals surface area contributed by atoms with Crippen molar-refractivity contribution >= 4 is 33.4 Å². The van der Waals surface area contributed by atoms with Crippen LogP contribution in [0.3, 0.4) is 0 Å². The van der Waals surface area contributed by atoms with Gasteiger partial charge in [-0.2, -0.15) is 0 Å². The van der Waals surface area contributed by atoms with E-state index in [-0.39, 0.29) is 18.4 Å². The van der Waals surface area contributed by atoms with Gasteiger partial charge in [0.2, 0.25) is 11.8 Å². The van der Waals surface area contributed by atoms with Crippen molar-refractivity contribution in [1.82, 2.24) is 10.2 Å². The van der Waals surface area contributed by atoms with Crippen molar-refractivity contribution in [1.29, 1.82) is 0 Å². The number of hydrogen-bond acceptors (Lipinski definition) is 3. The quantitative estimate of drug-likeness (QED) is 0.767. The number of halogens is 1. The molecule has 1 fully saturated rings. The first-order valence-corrected chi connectivity index (χ1v) is 10.0. The minimum absolute atomic E-state index is 0.0167. The maximum Gasteiger partial charge on any atom is 0.242 e. The van der Waals surface area contributed by atoms with Gasteiger partial charge < -0.3 is 15.1 Å². The molecule has 2 aromatic carbocycles. The second-order valence-corrected chi connectivity index (χ2v) is 7.43. The first kappa shape index (κ1) is 19.4. The standard InChI is InChI=1S/C21H24BrN3O2/c22-19-9-5-4-6-17(19)10-11-20(26)23-16-21(27)25-14-12-24(13-15-25)18-7-2-1-3-8-18/h1-9H,10-16H2,(H,23,26). The summed E-state index contributed by atoms with van der Waals surface area (Å²) in [6, 6.07) is 18.1. The van der Waals surface area contributed by atoms with Crippen LogP contribution < -0.4 is 10.2 Å². The molecule has 1 aliphatic heterocycles. The molecule has 1 N–H and O–H groups in total. The number of nitrogens with zero attached hydrogens (tertiary/aromatic N) is 2. The molecule has 27 heavy (non-hydrogen) atoms. The van der Waals surface area contributed by atoms with Gasteiger partial charge in [0.1, 0.15) is 0 Å². The van der Waals surface area contributed by atoms with E-state index in [9.17, 15) is 9.59 Å². The molecule has 0 bridgehead atoms. The van der Waals surface area contributed by atoms with Gasteiger partial charge in [-0.25, -0.2) is 0 Å². The van der Waals surface area contributed by atoms with E-state index < -0.39 is 0 Å². The first-order valence-electron chi connectivity index (χ1n) is 9.21. The van der Waals surface area contributed by atoms with Crippen molar-refractivity contribution < 1.29 is 9.59 Å². The molecule has 2 aromatic rings. The third-order valence-electron chi connectivity index (χ3n) is 4.77. The maximum atomic E-state index is 12.4. The first-order chi connectivity index (χ1) is 13.1. The van der Waals surface area contributed by atoms with E-state index in [2.05, 4.69) is 38.3 Å². The van der Waals surface area contributed by atoms with Gasteiger partial charge in [0, 0.05) is 42.8 Å². The van der Waals surface area contributed by atoms with Gasteiger partial charge >= 0.3 is 0 Å². The Hall–Kier alpha value is -2.34. The summed E-state index contributed by atoms with van der Waals surface area (Å²) in [6.45, 7) is 3.05. The molecule has 1 saturated heterocycles. The number of rotatable bonds is 6. The average Bonchev–Trinajstić information content (AvgIpc) is 2.72. The second-order valence-electron chi connectivity index (χ2n) is 6.57. The summed E-state index contributed by atoms with van der Waals surface area (Å²) in [7, 11) is 0. The predicted molar refractivity (Wildman–Crippen MR) is 111 cm³/mol. The number of carbonyl (C=O) groups excluding carboxylic acids is 2. The Kier molecular flexibility index (Phi) is 6.87. The summed E-state index contributed by atoms with van der Waals surface area (Å²) in [4.78, 5) is 28.5. The van der Waals surface area contributed by atoms with Crippen LogP contribution in [0.4, 0.5) is 5.69 Å². The van der Waals surface area contributed by atoms with Crippen LogP contribution >= 0.6 is 15.9 Å². The van der Waals surface area contributed by atoms with Crippen molar-refractivity contribution in [3.8, 4) is 0 Å². The van der Waals surface area contributed by atoms with Crippen LogP contribution in [0.1, 0.15) is 12.0 Å². The lowest BCUT2D eigenvalue weighted by Crippen LogP contribution is -2.51. The van der Waals surface area contributed by atoms with Crippen molar-refractivity contribution in [3.63, 3.8) is 0 Å². The molecule has 0 aliphatic carbocycles. The minimum Gasteiger partial charge on any atom is -0.368 e. The van der Waals surface area contributed by atoms with Crippen molar-refractivity contribution in [3.05, 3.63) is 64.6 Å². The molecular formula is C21H24BrN3O2. The Balaban J connectivity index is 1.38. The van der Waals surface area contributed by atoms with Crippen LogP contribution in [0.5, 0.6) is 0 Å². The molecule has 0 atom stereocenters. The molecule has 0 spiro atoms. The van der Waals surface area contributed by atoms with Crippen LogP contribution in [0, 0.1) is 0 Å². The monoisotopic (exact) mass is 429 g/mol. The minimum atomic E-state index is -0.0953. The molecular weight excluding hydrogens is 406 g/mol. The SMILES string of the molecule is O=C(CCc1ccccc1Br)NCC(=O)N1CCN(c2ccccc2)CC1. The summed E-state index contributed by atoms with van der Waals surface area (Å²) in [5, 5.41) is 2.75. The van der Waals surface area contributed by atoms with Gasteiger partial charge in [-0.3, -0.25) is 9.59 Å². The summed E-state index contributed by atoms with van der Waals surface area (Å²) in [6.07, 6.45) is 1.02. The molecule has 6 heteroatoms. The topological polar surface area (TPSA) is 52.7 Å². The fraction of sp³-hybridized carbons (Fsp3) is 0.333. The number of benzene rings is 2. The lowest BCUT2D eigenvalue weighted by Gasteiger charge is -2.36. The van der Waals surface area contributed by atoms with E-state index in [1.165, 1.54) is 5.69 Å². The molecule has 0 unspecified atom stereocenters. The molecule has 0 saturated carbocycles. The number of amides is 2. The molecule has 1 aliphatic rings. The number of anilines is 1. The van der Waals surface area contributed by atoms with Gasteiger partial charge in [-0.05, 0) is 30.2 Å². The Bertz CT molecular complexity index is 774. The highest BCUT2D eigenvalue weighted by atomic mass is 79.9. The van der Waals surface area contributed by atoms with Gasteiger partial charge in [0.05, 0.1) is 6.54 Å². The molecule has 5 nitrogen and oxygen atoms in total. The number of para-hydroxylation sites is 1. The second kappa shape index (κ2) is 9.55. The number of nitrogens with one attached hydrogen (secondary N) is 1. The predicted octanol–water partition coefficient (Wildman–Crippen LogP) is 2.85. The Morgan fingerprint density at radius 1 is 0.926 bits per heavy atom. The van der Waals surface area contributed by atoms with E-state index in [1.807, 2.05) is 47.4 Å². The fourth-order valence-corrected chi connectivity index (χ4v) is 3.66. The van der Waals surface area contributed by atoms with Crippen molar-refractivity contribution in [2.75, 3.05) is 37.6 Å². The average molecular weight is 430 g/mol. The summed E-state index contributed by atoms with van der Waals surface area (Å²) in [5.41, 5.74) is 2.28. The Morgan fingerprint density at radius 2 is 1.59 bits per heavy atom. The Morgan fingerprint density at radius 3 is 2.30 bits per heavy atom. The van der Waals surface area contributed by atoms with E-state index in [4.69, 9.17) is 0 Å². The van der Waals surface area contributed by atoms with Crippen LogP contribution in [0.2, 0.25) is 0 Å². The lowest BCUT2D eigenvalue weighted by atomic mass is 10.1. The van der Waals surface area contributed by atoms with E-state index in [1.54, 1.807) is 0 Å². The summed E-state index contributed by atoms with van der Waals surface area (Å²) in [5.74, 6) is -0.112. The van der Waals surface area contributed by atoms with Gasteiger partial charge in [-0.15, -0.1) is 0 Å². The zero-order valence-corrected chi connectivity index (χ0v) is 16.8. The summed E-state index contributed by atoms with van der Waals surface area (Å²) < 4.78 is 1.00. The molecule has 3 rings (SSSR count). The normalized spacial score (nSPS) is 14.1. The zero-order valence-electron chi connectivity index (χ0n) is 15.2.